The van der Waals surface area contributed by atoms with Crippen LogP contribution in [0.1, 0.15) is 93.4 Å². The lowest BCUT2D eigenvalue weighted by Gasteiger charge is -2.63. The summed E-state index contributed by atoms with van der Waals surface area (Å²) >= 11 is 0. The van der Waals surface area contributed by atoms with Crippen LogP contribution in [0.3, 0.4) is 0 Å². The van der Waals surface area contributed by atoms with Crippen LogP contribution in [0.25, 0.3) is 0 Å². The molecule has 9 atom stereocenters. The molecular formula is C36H54O8Si. The Kier molecular flexibility index (Phi) is 7.65. The molecule has 1 spiro atoms. The third-order valence-electron chi connectivity index (χ3n) is 12.7. The first-order valence-corrected chi connectivity index (χ1v) is 19.5. The summed E-state index contributed by atoms with van der Waals surface area (Å²) in [7, 11) is -2.35. The van der Waals surface area contributed by atoms with Gasteiger partial charge in [-0.05, 0) is 62.9 Å². The average Bonchev–Trinajstić information content (AvgIpc) is 3.47. The molecule has 2 N–H and O–H groups in total. The highest BCUT2D eigenvalue weighted by molar-refractivity contribution is 6.74. The van der Waals surface area contributed by atoms with E-state index in [1.54, 1.807) is 0 Å². The van der Waals surface area contributed by atoms with Gasteiger partial charge in [0.25, 0.3) is 0 Å². The third-order valence-corrected chi connectivity index (χ3v) is 17.2. The van der Waals surface area contributed by atoms with E-state index < -0.39 is 72.8 Å². The normalized spacial score (nSPS) is 42.5. The maximum Gasteiger partial charge on any atom is 0.192 e. The number of benzene rings is 1. The molecule has 2 heterocycles. The summed E-state index contributed by atoms with van der Waals surface area (Å²) in [6.45, 7) is 22.8. The van der Waals surface area contributed by atoms with Gasteiger partial charge in [-0.1, -0.05) is 71.9 Å². The molecule has 3 aliphatic carbocycles. The fourth-order valence-corrected chi connectivity index (χ4v) is 10.0. The molecule has 2 aliphatic heterocycles. The van der Waals surface area contributed by atoms with Gasteiger partial charge in [-0.25, -0.2) is 0 Å². The molecule has 2 bridgehead atoms. The number of hydrogen-bond donors (Lipinski definition) is 2. The maximum atomic E-state index is 14.1. The first-order valence-electron chi connectivity index (χ1n) is 16.6. The molecule has 6 rings (SSSR count). The van der Waals surface area contributed by atoms with Crippen molar-refractivity contribution in [3.05, 3.63) is 47.0 Å². The van der Waals surface area contributed by atoms with Crippen molar-refractivity contribution in [3.8, 4) is 0 Å². The van der Waals surface area contributed by atoms with Crippen molar-refractivity contribution < 1.29 is 38.4 Å². The predicted molar refractivity (Wildman–Crippen MR) is 173 cm³/mol. The van der Waals surface area contributed by atoms with Crippen molar-refractivity contribution in [1.82, 2.24) is 0 Å². The van der Waals surface area contributed by atoms with Crippen molar-refractivity contribution in [3.63, 3.8) is 0 Å². The molecule has 9 heteroatoms. The topological polar surface area (TPSA) is 104 Å². The van der Waals surface area contributed by atoms with Crippen LogP contribution < -0.4 is 0 Å². The lowest BCUT2D eigenvalue weighted by atomic mass is 9.46. The Hall–Kier alpha value is -1.43. The first kappa shape index (κ1) is 33.5. The van der Waals surface area contributed by atoms with E-state index in [9.17, 15) is 15.0 Å². The summed E-state index contributed by atoms with van der Waals surface area (Å²) < 4.78 is 34.5. The maximum absolute atomic E-state index is 14.1. The van der Waals surface area contributed by atoms with E-state index in [1.165, 1.54) is 0 Å². The van der Waals surface area contributed by atoms with Crippen molar-refractivity contribution in [2.75, 3.05) is 6.61 Å². The smallest absolute Gasteiger partial charge is 0.192 e. The summed E-state index contributed by atoms with van der Waals surface area (Å²) in [4.78, 5) is 14.1. The van der Waals surface area contributed by atoms with Crippen molar-refractivity contribution in [2.24, 2.45) is 16.7 Å². The van der Waals surface area contributed by atoms with Gasteiger partial charge in [0.1, 0.15) is 17.3 Å². The number of carbonyl (C=O) groups excluding carboxylic acids is 1. The number of hydrogen-bond acceptors (Lipinski definition) is 8. The summed E-state index contributed by atoms with van der Waals surface area (Å²) in [6, 6.07) is 9.76. The van der Waals surface area contributed by atoms with Gasteiger partial charge in [0.15, 0.2) is 26.2 Å². The van der Waals surface area contributed by atoms with Crippen LogP contribution in [0, 0.1) is 16.7 Å². The molecule has 8 nitrogen and oxygen atoms in total. The third kappa shape index (κ3) is 4.74. The Morgan fingerprint density at radius 1 is 1.00 bits per heavy atom. The van der Waals surface area contributed by atoms with Gasteiger partial charge in [-0.3, -0.25) is 4.79 Å². The average molecular weight is 643 g/mol. The van der Waals surface area contributed by atoms with Gasteiger partial charge >= 0.3 is 0 Å². The molecule has 1 aromatic carbocycles. The van der Waals surface area contributed by atoms with E-state index in [4.69, 9.17) is 23.4 Å². The number of aliphatic hydroxyl groups is 2. The monoisotopic (exact) mass is 642 g/mol. The van der Waals surface area contributed by atoms with Crippen molar-refractivity contribution in [2.45, 2.75) is 147 Å². The largest absolute Gasteiger partial charge is 0.414 e. The SMILES string of the molecule is CC1=C2[C@H]3OC(C)(C)O[C@@H]3[C@]3(C)CC[C@H](O)[C@@](O)(CO[Si](C)(C)C(C)(C)C)[C@H]3[C@@H]3OC(c4ccccc4)O[C@@]3(CC1=O)C2(C)C. The standard InChI is InChI=1S/C36H54O8Si/c1-21-23(37)19-36-29(41-30(44-36)22-15-13-12-14-16-22)27-34(9,28-26(25(21)32(36,5)6)42-33(7,8)43-28)18-17-24(38)35(27,39)20-40-45(10,11)31(2,3)4/h12-16,24,26-30,38-39H,17-20H2,1-11H3/t24-,26+,27-,28-,29-,30?,34+,35-,36+/m0/s1. The molecule has 5 aliphatic rings. The number of allylic oxidation sites excluding steroid dienone is 1. The summed E-state index contributed by atoms with van der Waals surface area (Å²) in [5.74, 6) is -1.68. The molecule has 250 valence electrons. The van der Waals surface area contributed by atoms with Gasteiger partial charge in [0.2, 0.25) is 0 Å². The van der Waals surface area contributed by atoms with Gasteiger partial charge in [0.05, 0.1) is 24.9 Å². The van der Waals surface area contributed by atoms with Gasteiger partial charge in [-0.15, -0.1) is 0 Å². The number of Topliss-reactive ketones (excluding diaryl/α,β-unsaturated/α-hetero) is 1. The zero-order valence-electron chi connectivity index (χ0n) is 29.0. The van der Waals surface area contributed by atoms with Gasteiger partial charge in [-0.2, -0.15) is 0 Å². The predicted octanol–water partition coefficient (Wildman–Crippen LogP) is 6.22. The van der Waals surface area contributed by atoms with Crippen molar-refractivity contribution in [1.29, 1.82) is 0 Å². The molecule has 0 radical (unpaired) electrons. The highest BCUT2D eigenvalue weighted by atomic mass is 28.4. The Bertz CT molecular complexity index is 1380. The van der Waals surface area contributed by atoms with Gasteiger partial charge < -0.3 is 33.6 Å². The molecule has 1 aromatic rings. The Morgan fingerprint density at radius 2 is 1.64 bits per heavy atom. The van der Waals surface area contributed by atoms with E-state index in [0.717, 1.165) is 11.1 Å². The second-order valence-electron chi connectivity index (χ2n) is 17.1. The highest BCUT2D eigenvalue weighted by Crippen LogP contribution is 2.68. The minimum absolute atomic E-state index is 0.0280. The number of ketones is 1. The zero-order chi connectivity index (χ0) is 33.2. The fourth-order valence-electron chi connectivity index (χ4n) is 9.00. The summed E-state index contributed by atoms with van der Waals surface area (Å²) in [5.41, 5.74) is -1.97. The zero-order valence-corrected chi connectivity index (χ0v) is 30.0. The van der Waals surface area contributed by atoms with Crippen LogP contribution in [0.2, 0.25) is 18.1 Å². The molecule has 45 heavy (non-hydrogen) atoms. The lowest BCUT2D eigenvalue weighted by molar-refractivity contribution is -0.263. The number of carbonyl (C=O) groups is 1. The molecule has 0 aromatic heterocycles. The summed E-state index contributed by atoms with van der Waals surface area (Å²) in [5, 5.41) is 24.9. The minimum Gasteiger partial charge on any atom is -0.414 e. The van der Waals surface area contributed by atoms with E-state index in [1.807, 2.05) is 51.1 Å². The van der Waals surface area contributed by atoms with Crippen LogP contribution >= 0.6 is 0 Å². The fraction of sp³-hybridized carbons (Fsp3) is 0.750. The highest BCUT2D eigenvalue weighted by Gasteiger charge is 2.76. The van der Waals surface area contributed by atoms with Crippen molar-refractivity contribution >= 4 is 14.1 Å². The second kappa shape index (κ2) is 10.3. The van der Waals surface area contributed by atoms with Crippen LogP contribution in [-0.4, -0.2) is 72.3 Å². The van der Waals surface area contributed by atoms with Crippen LogP contribution in [0.15, 0.2) is 41.5 Å². The van der Waals surface area contributed by atoms with Crippen LogP contribution in [0.4, 0.5) is 0 Å². The molecule has 4 fully saturated rings. The Balaban J connectivity index is 1.60. The number of fused-ring (bicyclic) bond motifs is 6. The Labute approximate surface area is 269 Å². The lowest BCUT2D eigenvalue weighted by Crippen LogP contribution is -2.74. The van der Waals surface area contributed by atoms with Gasteiger partial charge in [0, 0.05) is 28.7 Å². The summed E-state index contributed by atoms with van der Waals surface area (Å²) in [6.07, 6.45) is -2.67. The first-order chi connectivity index (χ1) is 20.6. The van der Waals surface area contributed by atoms with Crippen LogP contribution in [0.5, 0.6) is 0 Å². The van der Waals surface area contributed by atoms with E-state index in [0.29, 0.717) is 18.4 Å². The quantitative estimate of drug-likeness (QED) is 0.374. The molecular weight excluding hydrogens is 588 g/mol. The molecule has 2 saturated carbocycles. The van der Waals surface area contributed by atoms with E-state index in [-0.39, 0.29) is 23.8 Å². The number of aliphatic hydroxyl groups excluding tert-OH is 1. The molecule has 0 amide bonds. The molecule has 1 unspecified atom stereocenters. The minimum atomic E-state index is -2.35. The van der Waals surface area contributed by atoms with E-state index >= 15 is 0 Å². The number of ether oxygens (including phenoxy) is 4. The number of rotatable bonds is 4. The molecule has 2 saturated heterocycles. The van der Waals surface area contributed by atoms with Crippen LogP contribution in [-0.2, 0) is 28.2 Å². The Morgan fingerprint density at radius 3 is 2.27 bits per heavy atom. The second-order valence-corrected chi connectivity index (χ2v) is 21.9. The van der Waals surface area contributed by atoms with E-state index in [2.05, 4.69) is 54.6 Å².